The molecule has 5 heteroatoms. The molecule has 2 rings (SSSR count). The molecule has 5 nitrogen and oxygen atoms in total. The van der Waals surface area contributed by atoms with Crippen LogP contribution in [0.4, 0.5) is 5.69 Å². The zero-order valence-corrected chi connectivity index (χ0v) is 15.4. The van der Waals surface area contributed by atoms with Gasteiger partial charge in [-0.15, -0.1) is 0 Å². The Kier molecular flexibility index (Phi) is 6.28. The maximum Gasteiger partial charge on any atom is 0.224 e. The van der Waals surface area contributed by atoms with E-state index in [-0.39, 0.29) is 5.91 Å². The zero-order chi connectivity index (χ0) is 18.4. The first-order valence-corrected chi connectivity index (χ1v) is 8.14. The van der Waals surface area contributed by atoms with Crippen LogP contribution in [0.2, 0.25) is 0 Å². The monoisotopic (exact) mass is 343 g/mol. The minimum Gasteiger partial charge on any atom is -0.493 e. The topological polar surface area (TPSA) is 56.8 Å². The van der Waals surface area contributed by atoms with Crippen LogP contribution in [0.3, 0.4) is 0 Å². The maximum atomic E-state index is 12.2. The number of carbonyl (C=O) groups is 1. The van der Waals surface area contributed by atoms with E-state index in [0.29, 0.717) is 30.1 Å². The van der Waals surface area contributed by atoms with Crippen molar-refractivity contribution in [2.75, 3.05) is 26.6 Å². The van der Waals surface area contributed by atoms with Gasteiger partial charge in [-0.05, 0) is 61.2 Å². The number of hydrogen-bond donors (Lipinski definition) is 1. The largest absolute Gasteiger partial charge is 0.493 e. The molecule has 0 saturated carbocycles. The summed E-state index contributed by atoms with van der Waals surface area (Å²) in [6, 6.07) is 9.63. The Balaban J connectivity index is 2.04. The number of rotatable bonds is 7. The molecule has 2 aromatic rings. The number of anilines is 1. The van der Waals surface area contributed by atoms with Crippen molar-refractivity contribution in [1.29, 1.82) is 0 Å². The fraction of sp³-hybridized carbons (Fsp3) is 0.350. The quantitative estimate of drug-likeness (QED) is 0.828. The molecule has 0 fully saturated rings. The third-order valence-electron chi connectivity index (χ3n) is 4.16. The number of nitrogens with one attached hydrogen (secondary N) is 1. The minimum absolute atomic E-state index is 0.0306. The van der Waals surface area contributed by atoms with E-state index in [1.165, 1.54) is 5.56 Å². The first-order valence-electron chi connectivity index (χ1n) is 8.14. The Hall–Kier alpha value is -2.69. The van der Waals surface area contributed by atoms with Gasteiger partial charge in [-0.1, -0.05) is 6.07 Å². The second-order valence-corrected chi connectivity index (χ2v) is 5.88. The molecule has 1 N–H and O–H groups in total. The van der Waals surface area contributed by atoms with Gasteiger partial charge in [0.2, 0.25) is 11.7 Å². The van der Waals surface area contributed by atoms with Crippen LogP contribution in [0.1, 0.15) is 23.1 Å². The van der Waals surface area contributed by atoms with Crippen molar-refractivity contribution >= 4 is 11.6 Å². The number of aryl methyl sites for hydroxylation is 3. The molecule has 0 aliphatic heterocycles. The molecular weight excluding hydrogens is 318 g/mol. The molecule has 0 aliphatic rings. The summed E-state index contributed by atoms with van der Waals surface area (Å²) in [6.07, 6.45) is 0.943. The van der Waals surface area contributed by atoms with Gasteiger partial charge in [-0.25, -0.2) is 0 Å². The van der Waals surface area contributed by atoms with E-state index < -0.39 is 0 Å². The van der Waals surface area contributed by atoms with Gasteiger partial charge in [-0.2, -0.15) is 0 Å². The van der Waals surface area contributed by atoms with Gasteiger partial charge in [0.15, 0.2) is 11.5 Å². The van der Waals surface area contributed by atoms with Gasteiger partial charge in [-0.3, -0.25) is 4.79 Å². The standard InChI is InChI=1S/C20H25NO4/c1-13-6-8-16(10-14(13)2)21-19(22)9-7-15-11-17(23-3)20(25-5)18(12-15)24-4/h6,8,10-12H,7,9H2,1-5H3,(H,21,22). The summed E-state index contributed by atoms with van der Waals surface area (Å²) in [5.41, 5.74) is 4.13. The van der Waals surface area contributed by atoms with Crippen LogP contribution in [0, 0.1) is 13.8 Å². The average Bonchev–Trinajstić information content (AvgIpc) is 2.62. The molecule has 0 aromatic heterocycles. The van der Waals surface area contributed by atoms with Crippen LogP contribution >= 0.6 is 0 Å². The van der Waals surface area contributed by atoms with Gasteiger partial charge in [0.25, 0.3) is 0 Å². The lowest BCUT2D eigenvalue weighted by atomic mass is 10.1. The normalized spacial score (nSPS) is 10.3. The summed E-state index contributed by atoms with van der Waals surface area (Å²) in [7, 11) is 4.72. The van der Waals surface area contributed by atoms with Crippen molar-refractivity contribution in [3.63, 3.8) is 0 Å². The van der Waals surface area contributed by atoms with E-state index in [2.05, 4.69) is 5.32 Å². The molecule has 0 radical (unpaired) electrons. The van der Waals surface area contributed by atoms with Crippen LogP contribution in [0.15, 0.2) is 30.3 Å². The molecule has 0 heterocycles. The van der Waals surface area contributed by atoms with Gasteiger partial charge >= 0.3 is 0 Å². The first-order chi connectivity index (χ1) is 12.0. The Bertz CT molecular complexity index is 730. The van der Waals surface area contributed by atoms with E-state index >= 15 is 0 Å². The molecule has 0 bridgehead atoms. The number of benzene rings is 2. The summed E-state index contributed by atoms with van der Waals surface area (Å²) in [5, 5.41) is 2.93. The van der Waals surface area contributed by atoms with E-state index in [4.69, 9.17) is 14.2 Å². The number of carbonyl (C=O) groups excluding carboxylic acids is 1. The highest BCUT2D eigenvalue weighted by Gasteiger charge is 2.14. The average molecular weight is 343 g/mol. The minimum atomic E-state index is -0.0306. The summed E-state index contributed by atoms with van der Waals surface area (Å²) >= 11 is 0. The molecule has 0 saturated heterocycles. The van der Waals surface area contributed by atoms with E-state index in [9.17, 15) is 4.79 Å². The smallest absolute Gasteiger partial charge is 0.224 e. The summed E-state index contributed by atoms with van der Waals surface area (Å²) in [5.74, 6) is 1.70. The van der Waals surface area contributed by atoms with Gasteiger partial charge in [0.05, 0.1) is 21.3 Å². The van der Waals surface area contributed by atoms with Crippen molar-refractivity contribution in [2.45, 2.75) is 26.7 Å². The highest BCUT2D eigenvalue weighted by molar-refractivity contribution is 5.91. The molecule has 0 atom stereocenters. The van der Waals surface area contributed by atoms with Crippen LogP contribution in [0.5, 0.6) is 17.2 Å². The third kappa shape index (κ3) is 4.66. The Morgan fingerprint density at radius 2 is 1.56 bits per heavy atom. The van der Waals surface area contributed by atoms with Crippen molar-refractivity contribution in [3.05, 3.63) is 47.0 Å². The van der Waals surface area contributed by atoms with Crippen molar-refractivity contribution in [1.82, 2.24) is 0 Å². The van der Waals surface area contributed by atoms with Crippen molar-refractivity contribution in [2.24, 2.45) is 0 Å². The molecule has 1 amide bonds. The highest BCUT2D eigenvalue weighted by atomic mass is 16.5. The van der Waals surface area contributed by atoms with Crippen LogP contribution < -0.4 is 19.5 Å². The predicted molar refractivity (Wildman–Crippen MR) is 99.0 cm³/mol. The van der Waals surface area contributed by atoms with Crippen molar-refractivity contribution in [3.8, 4) is 17.2 Å². The van der Waals surface area contributed by atoms with Gasteiger partial charge in [0, 0.05) is 12.1 Å². The second kappa shape index (κ2) is 8.42. The molecule has 0 aliphatic carbocycles. The predicted octanol–water partition coefficient (Wildman–Crippen LogP) is 3.90. The number of amides is 1. The fourth-order valence-corrected chi connectivity index (χ4v) is 2.58. The van der Waals surface area contributed by atoms with E-state index in [0.717, 1.165) is 16.8 Å². The maximum absolute atomic E-state index is 12.2. The molecule has 0 spiro atoms. The highest BCUT2D eigenvalue weighted by Crippen LogP contribution is 2.38. The second-order valence-electron chi connectivity index (χ2n) is 5.88. The Labute approximate surface area is 148 Å². The van der Waals surface area contributed by atoms with Crippen LogP contribution in [-0.2, 0) is 11.2 Å². The lowest BCUT2D eigenvalue weighted by molar-refractivity contribution is -0.116. The lowest BCUT2D eigenvalue weighted by Crippen LogP contribution is -2.12. The number of methoxy groups -OCH3 is 3. The van der Waals surface area contributed by atoms with Crippen LogP contribution in [0.25, 0.3) is 0 Å². The number of hydrogen-bond acceptors (Lipinski definition) is 4. The first kappa shape index (κ1) is 18.6. The van der Waals surface area contributed by atoms with Gasteiger partial charge < -0.3 is 19.5 Å². The Morgan fingerprint density at radius 1 is 0.920 bits per heavy atom. The summed E-state index contributed by atoms with van der Waals surface area (Å²) in [6.45, 7) is 4.08. The van der Waals surface area contributed by atoms with Crippen molar-refractivity contribution < 1.29 is 19.0 Å². The van der Waals surface area contributed by atoms with E-state index in [1.807, 2.05) is 44.2 Å². The zero-order valence-electron chi connectivity index (χ0n) is 15.4. The Morgan fingerprint density at radius 3 is 2.08 bits per heavy atom. The molecular formula is C20H25NO4. The SMILES string of the molecule is COc1cc(CCC(=O)Nc2ccc(C)c(C)c2)cc(OC)c1OC. The molecule has 25 heavy (non-hydrogen) atoms. The molecule has 134 valence electrons. The number of ether oxygens (including phenoxy) is 3. The molecule has 0 unspecified atom stereocenters. The van der Waals surface area contributed by atoms with E-state index in [1.54, 1.807) is 21.3 Å². The summed E-state index contributed by atoms with van der Waals surface area (Å²) < 4.78 is 16.0. The summed E-state index contributed by atoms with van der Waals surface area (Å²) in [4.78, 5) is 12.2. The van der Waals surface area contributed by atoms with Crippen LogP contribution in [-0.4, -0.2) is 27.2 Å². The fourth-order valence-electron chi connectivity index (χ4n) is 2.58. The van der Waals surface area contributed by atoms with Gasteiger partial charge in [0.1, 0.15) is 0 Å². The third-order valence-corrected chi connectivity index (χ3v) is 4.16. The molecule has 2 aromatic carbocycles. The lowest BCUT2D eigenvalue weighted by Gasteiger charge is -2.14.